The van der Waals surface area contributed by atoms with Crippen LogP contribution in [0.15, 0.2) is 0 Å². The summed E-state index contributed by atoms with van der Waals surface area (Å²) in [6.07, 6.45) is 1.94. The van der Waals surface area contributed by atoms with Crippen molar-refractivity contribution < 1.29 is 36.2 Å². The van der Waals surface area contributed by atoms with Crippen molar-refractivity contribution >= 4 is 49.4 Å². The Kier molecular flexibility index (Phi) is 25.9. The largest absolute Gasteiger partial charge is 3.00 e. The number of aliphatic hydroxyl groups is 1. The average Bonchev–Trinajstić information content (AvgIpc) is 2.35. The quantitative estimate of drug-likeness (QED) is 0.201. The van der Waals surface area contributed by atoms with E-state index in [2.05, 4.69) is 137 Å². The first kappa shape index (κ1) is 48.5. The van der Waals surface area contributed by atoms with E-state index < -0.39 is 55.0 Å². The maximum Gasteiger partial charge on any atom is 3.00 e. The summed E-state index contributed by atoms with van der Waals surface area (Å²) in [5.74, 6) is 5.60. The Balaban J connectivity index is -0.000000122. The van der Waals surface area contributed by atoms with Crippen LogP contribution in [0.25, 0.3) is 13.9 Å². The van der Waals surface area contributed by atoms with Crippen LogP contribution in [0.3, 0.4) is 0 Å². The molecule has 0 aromatic heterocycles. The minimum Gasteiger partial charge on any atom is -0.668 e. The number of hydrogen-bond acceptors (Lipinski definition) is 1. The fourth-order valence-electron chi connectivity index (χ4n) is 3.42. The number of hydrogen-bond donors (Lipinski definition) is 1. The van der Waals surface area contributed by atoms with E-state index in [0.717, 1.165) is 12.8 Å². The van der Waals surface area contributed by atoms with Crippen LogP contribution in [-0.2, 0) is 0 Å². The van der Waals surface area contributed by atoms with E-state index in [4.69, 9.17) is 19.1 Å². The van der Waals surface area contributed by atoms with Crippen molar-refractivity contribution in [3.8, 4) is 11.8 Å². The summed E-state index contributed by atoms with van der Waals surface area (Å²) in [6.45, 7) is 46.8. The molecule has 0 amide bonds. The van der Waals surface area contributed by atoms with Crippen LogP contribution in [0, 0.1) is 43.0 Å². The molecule has 0 heterocycles. The van der Waals surface area contributed by atoms with Gasteiger partial charge >= 0.3 is 31.1 Å². The van der Waals surface area contributed by atoms with Gasteiger partial charge < -0.3 is 19.1 Å². The van der Waals surface area contributed by atoms with Gasteiger partial charge in [0.05, 0.1) is 0 Å². The Morgan fingerprint density at radius 2 is 0.703 bits per heavy atom. The van der Waals surface area contributed by atoms with Gasteiger partial charge in [-0.05, 0) is 20.3 Å². The molecule has 4 nitrogen and oxygen atoms in total. The second kappa shape index (κ2) is 19.8. The molecule has 0 aliphatic rings. The van der Waals surface area contributed by atoms with E-state index in [1.807, 2.05) is 0 Å². The van der Waals surface area contributed by atoms with E-state index in [-0.39, 0.29) is 31.1 Å². The molecule has 0 aliphatic heterocycles. The predicted octanol–water partition coefficient (Wildman–Crippen LogP) is 10.7. The molecule has 0 spiro atoms. The molecule has 0 fully saturated rings. The van der Waals surface area contributed by atoms with Crippen LogP contribution >= 0.6 is 0 Å². The molecule has 1 radical (unpaired) electrons. The summed E-state index contributed by atoms with van der Waals surface area (Å²) in [4.78, 5) is 0. The topological polar surface area (TPSA) is 62.5 Å². The minimum absolute atomic E-state index is 0. The first-order chi connectivity index (χ1) is 15.2. The molecule has 0 aromatic carbocycles. The summed E-state index contributed by atoms with van der Waals surface area (Å²) in [7, 11) is -6.64. The van der Waals surface area contributed by atoms with Gasteiger partial charge in [0.2, 0.25) is 0 Å². The van der Waals surface area contributed by atoms with Crippen molar-refractivity contribution in [3.63, 3.8) is 0 Å². The second-order valence-electron chi connectivity index (χ2n) is 16.0. The smallest absolute Gasteiger partial charge is 0.668 e. The molecule has 1 N–H and O–H groups in total. The number of unbranched alkanes of at least 4 members (excludes halogenated alkanes) is 1. The van der Waals surface area contributed by atoms with Crippen molar-refractivity contribution in [2.45, 2.75) is 157 Å². The average molecular weight is 845 g/mol. The summed E-state index contributed by atoms with van der Waals surface area (Å²) in [6, 6.07) is 0. The molecule has 0 rings (SSSR count). The Labute approximate surface area is 266 Å². The molecule has 0 aromatic rings. The molecule has 0 saturated heterocycles. The number of rotatable bonds is 7. The minimum atomic E-state index is -1.11. The standard InChI is InChI=1S/C8H14O.3C6H18NSi2.U/c1-4-5-6-7-8(2,3)9;3*1-8(2,3)7-9(4,5)6;/h9H,4-5H2,1-3H3;3*1-6H3;/q;3*-1;+3. The predicted molar refractivity (Wildman–Crippen MR) is 189 cm³/mol. The molecule has 0 unspecified atom stereocenters. The van der Waals surface area contributed by atoms with Crippen molar-refractivity contribution in [2.75, 3.05) is 0 Å². The Morgan fingerprint density at radius 1 is 0.514 bits per heavy atom. The molecule has 221 valence electrons. The van der Waals surface area contributed by atoms with Crippen molar-refractivity contribution in [3.05, 3.63) is 13.9 Å². The van der Waals surface area contributed by atoms with Gasteiger partial charge in [0.15, 0.2) is 0 Å². The third kappa shape index (κ3) is 72.8. The summed E-state index contributed by atoms with van der Waals surface area (Å²) < 4.78 is 14.5. The molecule has 0 atom stereocenters. The van der Waals surface area contributed by atoms with Gasteiger partial charge in [-0.15, -0.1) is 5.92 Å². The van der Waals surface area contributed by atoms with Gasteiger partial charge in [-0.3, -0.25) is 0 Å². The van der Waals surface area contributed by atoms with Crippen LogP contribution in [0.1, 0.15) is 33.6 Å². The Bertz CT molecular complexity index is 522. The molecule has 37 heavy (non-hydrogen) atoms. The van der Waals surface area contributed by atoms with E-state index >= 15 is 0 Å². The maximum atomic E-state index is 9.07. The summed E-state index contributed by atoms with van der Waals surface area (Å²) >= 11 is 0. The van der Waals surface area contributed by atoms with E-state index in [1.54, 1.807) is 13.8 Å². The van der Waals surface area contributed by atoms with Crippen molar-refractivity contribution in [2.24, 2.45) is 0 Å². The third-order valence-electron chi connectivity index (χ3n) is 2.78. The van der Waals surface area contributed by atoms with Crippen LogP contribution in [-0.4, -0.2) is 60.1 Å². The van der Waals surface area contributed by atoms with Crippen LogP contribution < -0.4 is 0 Å². The van der Waals surface area contributed by atoms with E-state index in [9.17, 15) is 0 Å². The summed E-state index contributed by atoms with van der Waals surface area (Å²) in [5, 5.41) is 9.07. The maximum absolute atomic E-state index is 9.07. The van der Waals surface area contributed by atoms with Crippen LogP contribution in [0.5, 0.6) is 0 Å². The molecule has 0 saturated carbocycles. The number of nitrogens with zero attached hydrogens (tertiary/aromatic N) is 3. The SMILES string of the molecule is CCCC#CC(C)(C)O.C[Si](C)(C)[N-][Si](C)(C)C.C[Si](C)(C)[N-][Si](C)(C)C.C[Si](C)(C)[N-][Si](C)(C)C.[U+3]. The zero-order valence-corrected chi connectivity index (χ0v) is 39.4. The van der Waals surface area contributed by atoms with Crippen molar-refractivity contribution in [1.29, 1.82) is 0 Å². The van der Waals surface area contributed by atoms with Crippen LogP contribution in [0.2, 0.25) is 118 Å². The van der Waals surface area contributed by atoms with Crippen LogP contribution in [0.4, 0.5) is 0 Å². The molecular formula is C26H68N3OSi6U. The van der Waals surface area contributed by atoms with E-state index in [1.165, 1.54) is 0 Å². The molecular weight excluding hydrogens is 777 g/mol. The summed E-state index contributed by atoms with van der Waals surface area (Å²) in [5.41, 5.74) is -0.810. The van der Waals surface area contributed by atoms with Gasteiger partial charge in [0.1, 0.15) is 5.60 Å². The fourth-order valence-corrected chi connectivity index (χ4v) is 27.6. The molecule has 0 bridgehead atoms. The third-order valence-corrected chi connectivity index (χ3v) is 18.9. The first-order valence-electron chi connectivity index (χ1n) is 13.6. The fraction of sp³-hybridized carbons (Fsp3) is 0.923. The van der Waals surface area contributed by atoms with Gasteiger partial charge in [-0.2, -0.15) is 0 Å². The van der Waals surface area contributed by atoms with Gasteiger partial charge in [0.25, 0.3) is 0 Å². The zero-order chi connectivity index (χ0) is 30.4. The molecule has 11 heteroatoms. The second-order valence-corrected chi connectivity index (χ2v) is 44.7. The van der Waals surface area contributed by atoms with Crippen molar-refractivity contribution in [1.82, 2.24) is 0 Å². The van der Waals surface area contributed by atoms with E-state index in [0.29, 0.717) is 0 Å². The molecule has 0 aliphatic carbocycles. The first-order valence-corrected chi connectivity index (χ1v) is 34.3. The van der Waals surface area contributed by atoms with Gasteiger partial charge in [-0.25, -0.2) is 0 Å². The monoisotopic (exact) mass is 844 g/mol. The van der Waals surface area contributed by atoms with Gasteiger partial charge in [-0.1, -0.05) is 180 Å². The normalized spacial score (nSPS) is 12.7. The zero-order valence-electron chi connectivity index (χ0n) is 29.2. The Morgan fingerprint density at radius 3 is 0.784 bits per heavy atom. The van der Waals surface area contributed by atoms with Gasteiger partial charge in [0, 0.05) is 6.42 Å². The Hall–Kier alpha value is 1.75.